The van der Waals surface area contributed by atoms with E-state index in [2.05, 4.69) is 0 Å². The van der Waals surface area contributed by atoms with E-state index < -0.39 is 0 Å². The van der Waals surface area contributed by atoms with Gasteiger partial charge in [0.2, 0.25) is 0 Å². The van der Waals surface area contributed by atoms with Gasteiger partial charge in [0.05, 0.1) is 7.18 Å². The summed E-state index contributed by atoms with van der Waals surface area (Å²) in [7, 11) is 0.500. The van der Waals surface area contributed by atoms with Crippen molar-refractivity contribution in [1.29, 1.82) is 0 Å². The van der Waals surface area contributed by atoms with Gasteiger partial charge in [-0.1, -0.05) is 0 Å². The number of hydrogen-bond acceptors (Lipinski definition) is 0. The molecule has 4 heavy (non-hydrogen) atoms. The van der Waals surface area contributed by atoms with Crippen LogP contribution in [0.2, 0.25) is 0 Å². The Morgan fingerprint density at radius 3 is 1.25 bits per heavy atom. The van der Waals surface area contributed by atoms with Gasteiger partial charge in [0, 0.05) is 0 Å². The van der Waals surface area contributed by atoms with E-state index in [4.69, 9.17) is 0 Å². The minimum Gasteiger partial charge on any atom is -0.255 e. The zero-order valence-electron chi connectivity index (χ0n) is 2.19. The zero-order valence-corrected chi connectivity index (χ0v) is 4.72. The Morgan fingerprint density at radius 2 is 1.25 bits per heavy atom. The summed E-state index contributed by atoms with van der Waals surface area (Å²) in [5.74, 6) is 0. The Morgan fingerprint density at radius 1 is 1.25 bits per heavy atom. The molecule has 0 aliphatic rings. The van der Waals surface area contributed by atoms with Crippen LogP contribution in [-0.2, 0) is 0 Å². The monoisotopic (exact) mass is 150 g/mol. The maximum Gasteiger partial charge on any atom is 0.0785 e. The molecule has 0 aromatic heterocycles. The van der Waals surface area contributed by atoms with Crippen LogP contribution < -0.4 is 0 Å². The number of rotatable bonds is 0. The molecule has 0 nitrogen and oxygen atoms in total. The van der Waals surface area contributed by atoms with Crippen LogP contribution in [0.15, 0.2) is 0 Å². The Labute approximate surface area is 41.6 Å². The van der Waals surface area contributed by atoms with Gasteiger partial charge in [-0.05, 0) is 0 Å². The molecule has 0 fully saturated rings. The molecule has 0 unspecified atom stereocenters. The fourth-order valence-electron chi connectivity index (χ4n) is 0. The lowest BCUT2D eigenvalue weighted by Gasteiger charge is -1.10. The highest BCUT2D eigenvalue weighted by atomic mass is 79.9. The summed E-state index contributed by atoms with van der Waals surface area (Å²) in [5, 5.41) is 0. The van der Waals surface area contributed by atoms with Crippen molar-refractivity contribution in [3.05, 3.63) is 0 Å². The van der Waals surface area contributed by atoms with E-state index >= 15 is 0 Å². The second kappa shape index (κ2) is 55.0. The van der Waals surface area contributed by atoms with Crippen molar-refractivity contribution >= 4 is 29.4 Å². The highest BCUT2D eigenvalue weighted by molar-refractivity contribution is 8.93. The van der Waals surface area contributed by atoms with E-state index in [9.17, 15) is 4.39 Å². The summed E-state index contributed by atoms with van der Waals surface area (Å²) in [6, 6.07) is 0. The first-order chi connectivity index (χ1) is 1.00. The molecule has 0 heterocycles. The van der Waals surface area contributed by atoms with Gasteiger partial charge in [-0.25, -0.2) is 0 Å². The standard InChI is InChI=1S/CH3F.BrH.ClH/c1-2;;/h1H3;2*1H. The van der Waals surface area contributed by atoms with Crippen LogP contribution in [0.4, 0.5) is 4.39 Å². The van der Waals surface area contributed by atoms with Gasteiger partial charge >= 0.3 is 0 Å². The maximum absolute atomic E-state index is 9.50. The van der Waals surface area contributed by atoms with Crippen molar-refractivity contribution in [1.82, 2.24) is 0 Å². The van der Waals surface area contributed by atoms with Gasteiger partial charge in [0.1, 0.15) is 0 Å². The van der Waals surface area contributed by atoms with E-state index in [0.29, 0.717) is 7.18 Å². The molecule has 0 aromatic rings. The van der Waals surface area contributed by atoms with E-state index in [1.54, 1.807) is 0 Å². The van der Waals surface area contributed by atoms with Gasteiger partial charge < -0.3 is 0 Å². The third kappa shape index (κ3) is 15.9. The van der Waals surface area contributed by atoms with Gasteiger partial charge in [0.15, 0.2) is 0 Å². The highest BCUT2D eigenvalue weighted by Gasteiger charge is 0.926. The molecule has 0 aromatic carbocycles. The van der Waals surface area contributed by atoms with E-state index in [1.165, 1.54) is 0 Å². The molecule has 0 saturated heterocycles. The molecule has 0 rings (SSSR count). The first-order valence-corrected chi connectivity index (χ1v) is 0.378. The minimum absolute atomic E-state index is 0. The average Bonchev–Trinajstić information content (AvgIpc) is 1.00. The van der Waals surface area contributed by atoms with Crippen molar-refractivity contribution in [3.8, 4) is 0 Å². The largest absolute Gasteiger partial charge is 0.255 e. The summed E-state index contributed by atoms with van der Waals surface area (Å²) in [5.41, 5.74) is 0. The fraction of sp³-hybridized carbons (Fsp3) is 1.00. The fourth-order valence-corrected chi connectivity index (χ4v) is 0. The van der Waals surface area contributed by atoms with Crippen molar-refractivity contribution < 1.29 is 4.39 Å². The molecule has 0 spiro atoms. The minimum atomic E-state index is 0. The van der Waals surface area contributed by atoms with E-state index in [0.717, 1.165) is 0 Å². The Bertz CT molecular complexity index is 8.00. The quantitative estimate of drug-likeness (QED) is 0.493. The van der Waals surface area contributed by atoms with Gasteiger partial charge in [-0.15, -0.1) is 29.4 Å². The predicted octanol–water partition coefficient (Wildman–Crippen LogP) is 1.59. The maximum atomic E-state index is 9.50. The van der Waals surface area contributed by atoms with Gasteiger partial charge in [-0.3, -0.25) is 4.39 Å². The number of alkyl halides is 1. The summed E-state index contributed by atoms with van der Waals surface area (Å²) < 4.78 is 9.50. The number of hydrogen-bond donors (Lipinski definition) is 0. The van der Waals surface area contributed by atoms with E-state index in [1.807, 2.05) is 0 Å². The Kier molecular flexibility index (Phi) is 306. The van der Waals surface area contributed by atoms with Crippen molar-refractivity contribution in [2.45, 2.75) is 0 Å². The second-order valence-electron chi connectivity index (χ2n) is 0. The summed E-state index contributed by atoms with van der Waals surface area (Å²) >= 11 is 0. The first kappa shape index (κ1) is 22.3. The molecule has 3 heteroatoms. The van der Waals surface area contributed by atoms with Crippen molar-refractivity contribution in [3.63, 3.8) is 0 Å². The molecule has 0 amide bonds. The van der Waals surface area contributed by atoms with Crippen LogP contribution in [0.5, 0.6) is 0 Å². The van der Waals surface area contributed by atoms with Crippen LogP contribution >= 0.6 is 29.4 Å². The van der Waals surface area contributed by atoms with Gasteiger partial charge in [-0.2, -0.15) is 0 Å². The summed E-state index contributed by atoms with van der Waals surface area (Å²) in [6.07, 6.45) is 0. The lowest BCUT2D eigenvalue weighted by Crippen LogP contribution is -0.939. The summed E-state index contributed by atoms with van der Waals surface area (Å²) in [4.78, 5) is 0. The van der Waals surface area contributed by atoms with Crippen LogP contribution in [0.1, 0.15) is 0 Å². The Hall–Kier alpha value is 0.700. The van der Waals surface area contributed by atoms with Gasteiger partial charge in [0.25, 0.3) is 0 Å². The Balaban J connectivity index is -0.00000000500. The van der Waals surface area contributed by atoms with Crippen molar-refractivity contribution in [2.75, 3.05) is 7.18 Å². The van der Waals surface area contributed by atoms with E-state index in [-0.39, 0.29) is 29.4 Å². The number of halogens is 3. The molecule has 0 bridgehead atoms. The van der Waals surface area contributed by atoms with Crippen LogP contribution in [0.25, 0.3) is 0 Å². The topological polar surface area (TPSA) is 0 Å². The third-order valence-corrected chi connectivity index (χ3v) is 0. The van der Waals surface area contributed by atoms with Crippen LogP contribution in [0.3, 0.4) is 0 Å². The predicted molar refractivity (Wildman–Crippen MR) is 24.6 cm³/mol. The smallest absolute Gasteiger partial charge is 0.0785 e. The zero-order chi connectivity index (χ0) is 2.00. The molecular formula is CH5BrClF. The first-order valence-electron chi connectivity index (χ1n) is 0.378. The molecule has 0 N–H and O–H groups in total. The molecule has 0 radical (unpaired) electrons. The second-order valence-corrected chi connectivity index (χ2v) is 0. The average molecular weight is 151 g/mol. The molecule has 0 atom stereocenters. The molecule has 0 aliphatic carbocycles. The summed E-state index contributed by atoms with van der Waals surface area (Å²) in [6.45, 7) is 0. The van der Waals surface area contributed by atoms with Crippen LogP contribution in [-0.4, -0.2) is 7.18 Å². The lowest BCUT2D eigenvalue weighted by molar-refractivity contribution is 0.636. The SMILES string of the molecule is Br.CF.Cl. The molecule has 0 saturated carbocycles. The highest BCUT2D eigenvalue weighted by Crippen LogP contribution is 1.16. The lowest BCUT2D eigenvalue weighted by atomic mass is 11.9. The third-order valence-electron chi connectivity index (χ3n) is 0. The van der Waals surface area contributed by atoms with Crippen molar-refractivity contribution in [2.24, 2.45) is 0 Å². The van der Waals surface area contributed by atoms with Crippen LogP contribution in [0, 0.1) is 0 Å². The molecule has 0 aliphatic heterocycles. The molecule has 30 valence electrons. The normalized spacial score (nSPS) is 1.50. The molecular weight excluding hydrogens is 146 g/mol.